The van der Waals surface area contributed by atoms with Crippen molar-refractivity contribution in [3.8, 4) is 0 Å². The van der Waals surface area contributed by atoms with Gasteiger partial charge in [-0.15, -0.1) is 6.58 Å². The molecule has 0 aromatic rings. The molecule has 0 aliphatic carbocycles. The van der Waals surface area contributed by atoms with E-state index in [4.69, 9.17) is 20.1 Å². The molecule has 0 spiro atoms. The Kier molecular flexibility index (Phi) is 11.3. The molecule has 1 atom stereocenters. The van der Waals surface area contributed by atoms with Crippen molar-refractivity contribution in [1.29, 1.82) is 0 Å². The van der Waals surface area contributed by atoms with Gasteiger partial charge in [0.05, 0.1) is 5.60 Å². The Labute approximate surface area is 109 Å². The van der Waals surface area contributed by atoms with Crippen LogP contribution in [0.25, 0.3) is 0 Å². The summed E-state index contributed by atoms with van der Waals surface area (Å²) in [6.45, 7) is 9.45. The third kappa shape index (κ3) is 17.8. The minimum absolute atomic E-state index is 0.702. The average molecular weight is 260 g/mol. The molecule has 0 heterocycles. The highest BCUT2D eigenvalue weighted by molar-refractivity contribution is 6.48. The quantitative estimate of drug-likeness (QED) is 0.328. The van der Waals surface area contributed by atoms with Crippen molar-refractivity contribution in [3.63, 3.8) is 0 Å². The van der Waals surface area contributed by atoms with Crippen LogP contribution in [0.15, 0.2) is 24.3 Å². The molecule has 18 heavy (non-hydrogen) atoms. The van der Waals surface area contributed by atoms with Gasteiger partial charge in [0.2, 0.25) is 0 Å². The second-order valence-electron chi connectivity index (χ2n) is 4.17. The van der Waals surface area contributed by atoms with Crippen molar-refractivity contribution >= 4 is 14.6 Å². The van der Waals surface area contributed by atoms with E-state index in [1.54, 1.807) is 13.0 Å². The molecule has 6 nitrogen and oxygen atoms in total. The lowest BCUT2D eigenvalue weighted by Gasteiger charge is -2.16. The maximum absolute atomic E-state index is 9.49. The number of aliphatic hydroxyl groups is 1. The number of hydrogen-bond acceptors (Lipinski definition) is 6. The molecule has 5 N–H and O–H groups in total. The van der Waals surface area contributed by atoms with Gasteiger partial charge in [0.15, 0.2) is 0 Å². The zero-order valence-corrected chi connectivity index (χ0v) is 11.1. The summed E-state index contributed by atoms with van der Waals surface area (Å²) in [5.74, 6) is 0. The number of rotatable bonds is 6. The molecule has 0 aromatic carbocycles. The fourth-order valence-corrected chi connectivity index (χ4v) is 0.864. The zero-order chi connectivity index (χ0) is 14.8. The lowest BCUT2D eigenvalue weighted by atomic mass is 10.00. The first-order valence-corrected chi connectivity index (χ1v) is 5.48. The van der Waals surface area contributed by atoms with Crippen molar-refractivity contribution in [1.82, 2.24) is 0 Å². The lowest BCUT2D eigenvalue weighted by molar-refractivity contribution is 0.103. The van der Waals surface area contributed by atoms with Gasteiger partial charge in [-0.2, -0.15) is 0 Å². The summed E-state index contributed by atoms with van der Waals surface area (Å²) in [7, 11) is -4.25. The summed E-state index contributed by atoms with van der Waals surface area (Å²) in [4.78, 5) is 0. The van der Waals surface area contributed by atoms with Crippen LogP contribution in [0.5, 0.6) is 0 Å². The first kappa shape index (κ1) is 19.7. The van der Waals surface area contributed by atoms with Crippen LogP contribution >= 0.6 is 0 Å². The van der Waals surface area contributed by atoms with Gasteiger partial charge in [0.25, 0.3) is 0 Å². The van der Waals surface area contributed by atoms with Crippen molar-refractivity contribution in [2.75, 3.05) is 0 Å². The van der Waals surface area contributed by atoms with Crippen LogP contribution in [0.2, 0.25) is 0 Å². The standard InChI is InChI=1S/C10H18O.B2H4O5/c1-5-10(4,11)8-6-7-9(2)3;3-1(4)7-2(5)6/h5,7,11H,1,6,8H2,2-4H3;3-6H. The van der Waals surface area contributed by atoms with Gasteiger partial charge in [0.1, 0.15) is 0 Å². The lowest BCUT2D eigenvalue weighted by Crippen LogP contribution is -2.28. The summed E-state index contributed by atoms with van der Waals surface area (Å²) in [6, 6.07) is 0. The number of allylic oxidation sites excluding steroid dienone is 2. The SMILES string of the molecule is C=CC(C)(O)CCC=C(C)C.OB(O)OB(O)O. The largest absolute Gasteiger partial charge is 0.621 e. The van der Waals surface area contributed by atoms with E-state index in [0.717, 1.165) is 12.8 Å². The fourth-order valence-electron chi connectivity index (χ4n) is 0.864. The van der Waals surface area contributed by atoms with E-state index in [9.17, 15) is 5.11 Å². The van der Waals surface area contributed by atoms with E-state index >= 15 is 0 Å². The highest BCUT2D eigenvalue weighted by Crippen LogP contribution is 2.13. The predicted octanol–water partition coefficient (Wildman–Crippen LogP) is -0.388. The molecule has 0 aromatic heterocycles. The van der Waals surface area contributed by atoms with Gasteiger partial charge in [-0.3, -0.25) is 0 Å². The molecule has 0 fully saturated rings. The third-order valence-corrected chi connectivity index (χ3v) is 1.89. The van der Waals surface area contributed by atoms with E-state index in [1.165, 1.54) is 5.57 Å². The van der Waals surface area contributed by atoms with Crippen LogP contribution in [0.3, 0.4) is 0 Å². The fraction of sp³-hybridized carbons (Fsp3) is 0.600. The highest BCUT2D eigenvalue weighted by atomic mass is 16.7. The van der Waals surface area contributed by atoms with Crippen LogP contribution in [-0.4, -0.2) is 45.4 Å². The maximum atomic E-state index is 9.49. The Hall–Kier alpha value is -0.630. The van der Waals surface area contributed by atoms with E-state index in [1.807, 2.05) is 0 Å². The Bertz CT molecular complexity index is 243. The summed E-state index contributed by atoms with van der Waals surface area (Å²) < 4.78 is 3.47. The topological polar surface area (TPSA) is 110 Å². The number of hydrogen-bond donors (Lipinski definition) is 5. The van der Waals surface area contributed by atoms with Crippen LogP contribution in [0, 0.1) is 0 Å². The van der Waals surface area contributed by atoms with Gasteiger partial charge in [-0.05, 0) is 33.6 Å². The smallest absolute Gasteiger partial charge is 0.402 e. The molecular weight excluding hydrogens is 238 g/mol. The molecule has 0 rings (SSSR count). The molecule has 104 valence electrons. The highest BCUT2D eigenvalue weighted by Gasteiger charge is 2.18. The predicted molar refractivity (Wildman–Crippen MR) is 71.0 cm³/mol. The molecule has 0 radical (unpaired) electrons. The van der Waals surface area contributed by atoms with Gasteiger partial charge in [0, 0.05) is 0 Å². The van der Waals surface area contributed by atoms with E-state index < -0.39 is 20.2 Å². The molecule has 0 saturated carbocycles. The van der Waals surface area contributed by atoms with Crippen molar-refractivity contribution in [2.45, 2.75) is 39.2 Å². The van der Waals surface area contributed by atoms with Crippen LogP contribution < -0.4 is 0 Å². The molecule has 0 amide bonds. The van der Waals surface area contributed by atoms with Crippen molar-refractivity contribution in [2.24, 2.45) is 0 Å². The molecule has 1 unspecified atom stereocenters. The summed E-state index contributed by atoms with van der Waals surface area (Å²) in [5.41, 5.74) is 0.594. The molecule has 0 saturated heterocycles. The monoisotopic (exact) mass is 260 g/mol. The van der Waals surface area contributed by atoms with Crippen LogP contribution in [0.1, 0.15) is 33.6 Å². The van der Waals surface area contributed by atoms with Gasteiger partial charge in [-0.25, -0.2) is 0 Å². The Morgan fingerprint density at radius 2 is 1.67 bits per heavy atom. The minimum atomic E-state index is -2.13. The molecule has 0 aliphatic rings. The molecular formula is C10H22B2O6. The second kappa shape index (κ2) is 10.3. The maximum Gasteiger partial charge on any atom is 0.621 e. The second-order valence-corrected chi connectivity index (χ2v) is 4.17. The average Bonchev–Trinajstić information content (AvgIpc) is 2.15. The summed E-state index contributed by atoms with van der Waals surface area (Å²) in [6.07, 6.45) is 5.38. The Morgan fingerprint density at radius 3 is 1.89 bits per heavy atom. The Morgan fingerprint density at radius 1 is 1.22 bits per heavy atom. The third-order valence-electron chi connectivity index (χ3n) is 1.89. The van der Waals surface area contributed by atoms with Crippen LogP contribution in [-0.2, 0) is 4.57 Å². The van der Waals surface area contributed by atoms with E-state index in [2.05, 4.69) is 31.1 Å². The summed E-state index contributed by atoms with van der Waals surface area (Å²) >= 11 is 0. The van der Waals surface area contributed by atoms with Gasteiger partial charge < -0.3 is 29.8 Å². The summed E-state index contributed by atoms with van der Waals surface area (Å²) in [5, 5.41) is 40.4. The zero-order valence-electron chi connectivity index (χ0n) is 11.1. The van der Waals surface area contributed by atoms with Crippen molar-refractivity contribution in [3.05, 3.63) is 24.3 Å². The minimum Gasteiger partial charge on any atom is -0.402 e. The van der Waals surface area contributed by atoms with Gasteiger partial charge in [-0.1, -0.05) is 17.7 Å². The Balaban J connectivity index is 0. The van der Waals surface area contributed by atoms with E-state index in [-0.39, 0.29) is 0 Å². The molecule has 8 heteroatoms. The first-order valence-electron chi connectivity index (χ1n) is 5.48. The van der Waals surface area contributed by atoms with Crippen molar-refractivity contribution < 1.29 is 29.8 Å². The van der Waals surface area contributed by atoms with Gasteiger partial charge >= 0.3 is 14.6 Å². The van der Waals surface area contributed by atoms with Crippen LogP contribution in [0.4, 0.5) is 0 Å². The first-order chi connectivity index (χ1) is 8.10. The normalized spacial score (nSPS) is 12.7. The molecule has 0 aliphatic heterocycles. The molecule has 0 bridgehead atoms. The van der Waals surface area contributed by atoms with E-state index in [0.29, 0.717) is 0 Å².